The van der Waals surface area contributed by atoms with Crippen molar-refractivity contribution < 1.29 is 9.53 Å². The van der Waals surface area contributed by atoms with Crippen LogP contribution >= 0.6 is 0 Å². The summed E-state index contributed by atoms with van der Waals surface area (Å²) in [7, 11) is 3.55. The molecule has 5 nitrogen and oxygen atoms in total. The summed E-state index contributed by atoms with van der Waals surface area (Å²) in [6, 6.07) is 0.182. The standard InChI is InChI=1S/C14H23N3O2/c1-11(2)17(9-12-7-15-16(3)8-12)13(18)14(5-6-14)10-19-4/h7-8,11H,5-6,9-10H2,1-4H3. The maximum atomic E-state index is 12.7. The van der Waals surface area contributed by atoms with E-state index in [1.54, 1.807) is 11.8 Å². The summed E-state index contributed by atoms with van der Waals surface area (Å²) >= 11 is 0. The van der Waals surface area contributed by atoms with Gasteiger partial charge < -0.3 is 9.64 Å². The summed E-state index contributed by atoms with van der Waals surface area (Å²) in [6.07, 6.45) is 5.66. The van der Waals surface area contributed by atoms with E-state index in [1.807, 2.05) is 24.3 Å². The van der Waals surface area contributed by atoms with E-state index in [4.69, 9.17) is 4.74 Å². The molecule has 0 atom stereocenters. The van der Waals surface area contributed by atoms with E-state index in [0.717, 1.165) is 18.4 Å². The molecular formula is C14H23N3O2. The predicted octanol–water partition coefficient (Wildman–Crippen LogP) is 1.58. The van der Waals surface area contributed by atoms with Crippen LogP contribution in [0, 0.1) is 5.41 Å². The highest BCUT2D eigenvalue weighted by Gasteiger charge is 2.52. The Morgan fingerprint density at radius 2 is 2.26 bits per heavy atom. The van der Waals surface area contributed by atoms with Crippen molar-refractivity contribution in [3.05, 3.63) is 18.0 Å². The Balaban J connectivity index is 2.10. The fraction of sp³-hybridized carbons (Fsp3) is 0.714. The lowest BCUT2D eigenvalue weighted by Crippen LogP contribution is -2.42. The number of carbonyl (C=O) groups excluding carboxylic acids is 1. The first-order chi connectivity index (χ1) is 8.98. The highest BCUT2D eigenvalue weighted by molar-refractivity contribution is 5.85. The van der Waals surface area contributed by atoms with Gasteiger partial charge in [-0.25, -0.2) is 0 Å². The van der Waals surface area contributed by atoms with Gasteiger partial charge in [0, 0.05) is 38.5 Å². The van der Waals surface area contributed by atoms with Gasteiger partial charge in [0.25, 0.3) is 0 Å². The van der Waals surface area contributed by atoms with Gasteiger partial charge in [0.15, 0.2) is 0 Å². The SMILES string of the molecule is COCC1(C(=O)N(Cc2cnn(C)c2)C(C)C)CC1. The molecule has 1 aliphatic carbocycles. The average Bonchev–Trinajstić information content (AvgIpc) is 3.02. The van der Waals surface area contributed by atoms with Crippen LogP contribution in [0.1, 0.15) is 32.3 Å². The van der Waals surface area contributed by atoms with Gasteiger partial charge in [-0.2, -0.15) is 5.10 Å². The van der Waals surface area contributed by atoms with Gasteiger partial charge in [-0.15, -0.1) is 0 Å². The first-order valence-electron chi connectivity index (χ1n) is 6.76. The smallest absolute Gasteiger partial charge is 0.231 e. The largest absolute Gasteiger partial charge is 0.384 e. The Morgan fingerprint density at radius 3 is 2.68 bits per heavy atom. The van der Waals surface area contributed by atoms with Crippen molar-refractivity contribution in [2.75, 3.05) is 13.7 Å². The number of ether oxygens (including phenoxy) is 1. The molecule has 0 radical (unpaired) electrons. The maximum Gasteiger partial charge on any atom is 0.231 e. The first kappa shape index (κ1) is 14.1. The van der Waals surface area contributed by atoms with Crippen LogP contribution in [-0.2, 0) is 23.1 Å². The molecule has 2 rings (SSSR count). The fourth-order valence-electron chi connectivity index (χ4n) is 2.39. The molecule has 106 valence electrons. The Labute approximate surface area is 114 Å². The minimum atomic E-state index is -0.263. The second-order valence-electron chi connectivity index (χ2n) is 5.76. The summed E-state index contributed by atoms with van der Waals surface area (Å²) in [5, 5.41) is 4.16. The molecule has 19 heavy (non-hydrogen) atoms. The second-order valence-corrected chi connectivity index (χ2v) is 5.76. The molecule has 1 aromatic heterocycles. The van der Waals surface area contributed by atoms with E-state index >= 15 is 0 Å². The summed E-state index contributed by atoms with van der Waals surface area (Å²) < 4.78 is 6.97. The van der Waals surface area contributed by atoms with Gasteiger partial charge in [-0.3, -0.25) is 9.48 Å². The highest BCUT2D eigenvalue weighted by Crippen LogP contribution is 2.47. The molecule has 1 fully saturated rings. The van der Waals surface area contributed by atoms with E-state index < -0.39 is 0 Å². The molecule has 0 unspecified atom stereocenters. The molecule has 0 saturated heterocycles. The zero-order chi connectivity index (χ0) is 14.0. The molecule has 1 aliphatic rings. The lowest BCUT2D eigenvalue weighted by Gasteiger charge is -2.30. The van der Waals surface area contributed by atoms with Crippen molar-refractivity contribution in [3.8, 4) is 0 Å². The quantitative estimate of drug-likeness (QED) is 0.784. The fourth-order valence-corrected chi connectivity index (χ4v) is 2.39. The van der Waals surface area contributed by atoms with E-state index in [-0.39, 0.29) is 17.4 Å². The van der Waals surface area contributed by atoms with Gasteiger partial charge in [-0.05, 0) is 26.7 Å². The highest BCUT2D eigenvalue weighted by atomic mass is 16.5. The van der Waals surface area contributed by atoms with Crippen molar-refractivity contribution in [1.29, 1.82) is 0 Å². The summed E-state index contributed by atoms with van der Waals surface area (Å²) in [6.45, 7) is 5.26. The Kier molecular flexibility index (Phi) is 3.94. The molecule has 0 aliphatic heterocycles. The summed E-state index contributed by atoms with van der Waals surface area (Å²) in [5.41, 5.74) is 0.805. The van der Waals surface area contributed by atoms with Crippen LogP contribution in [0.5, 0.6) is 0 Å². The lowest BCUT2D eigenvalue weighted by molar-refractivity contribution is -0.141. The summed E-state index contributed by atoms with van der Waals surface area (Å²) in [5.74, 6) is 0.216. The molecule has 5 heteroatoms. The van der Waals surface area contributed by atoms with Gasteiger partial charge in [-0.1, -0.05) is 0 Å². The predicted molar refractivity (Wildman–Crippen MR) is 72.4 cm³/mol. The molecule has 0 aromatic carbocycles. The molecule has 1 amide bonds. The molecule has 1 heterocycles. The zero-order valence-corrected chi connectivity index (χ0v) is 12.2. The third kappa shape index (κ3) is 2.97. The minimum absolute atomic E-state index is 0.182. The van der Waals surface area contributed by atoms with E-state index in [0.29, 0.717) is 13.2 Å². The van der Waals surface area contributed by atoms with Gasteiger partial charge in [0.1, 0.15) is 0 Å². The van der Waals surface area contributed by atoms with Crippen LogP contribution in [0.15, 0.2) is 12.4 Å². The molecule has 0 N–H and O–H groups in total. The Hall–Kier alpha value is -1.36. The van der Waals surface area contributed by atoms with Crippen molar-refractivity contribution in [1.82, 2.24) is 14.7 Å². The number of hydrogen-bond donors (Lipinski definition) is 0. The van der Waals surface area contributed by atoms with Crippen LogP contribution in [-0.4, -0.2) is 40.3 Å². The van der Waals surface area contributed by atoms with Crippen molar-refractivity contribution >= 4 is 5.91 Å². The lowest BCUT2D eigenvalue weighted by atomic mass is 10.1. The Bertz CT molecular complexity index is 449. The average molecular weight is 265 g/mol. The molecule has 0 spiro atoms. The van der Waals surface area contributed by atoms with Crippen LogP contribution in [0.3, 0.4) is 0 Å². The molecule has 1 aromatic rings. The number of aromatic nitrogens is 2. The molecule has 0 bridgehead atoms. The second kappa shape index (κ2) is 5.33. The van der Waals surface area contributed by atoms with Gasteiger partial charge in [0.05, 0.1) is 18.2 Å². The minimum Gasteiger partial charge on any atom is -0.384 e. The van der Waals surface area contributed by atoms with Crippen molar-refractivity contribution in [3.63, 3.8) is 0 Å². The molecular weight excluding hydrogens is 242 g/mol. The third-order valence-electron chi connectivity index (χ3n) is 3.72. The van der Waals surface area contributed by atoms with Crippen LogP contribution in [0.4, 0.5) is 0 Å². The van der Waals surface area contributed by atoms with E-state index in [9.17, 15) is 4.79 Å². The monoisotopic (exact) mass is 265 g/mol. The van der Waals surface area contributed by atoms with Crippen molar-refractivity contribution in [2.45, 2.75) is 39.3 Å². The zero-order valence-electron chi connectivity index (χ0n) is 12.2. The number of aryl methyl sites for hydroxylation is 1. The van der Waals surface area contributed by atoms with E-state index in [2.05, 4.69) is 18.9 Å². The number of rotatable bonds is 6. The van der Waals surface area contributed by atoms with Crippen LogP contribution in [0.2, 0.25) is 0 Å². The normalized spacial score (nSPS) is 16.7. The topological polar surface area (TPSA) is 47.4 Å². The number of methoxy groups -OCH3 is 1. The maximum absolute atomic E-state index is 12.7. The van der Waals surface area contributed by atoms with Crippen LogP contribution < -0.4 is 0 Å². The number of amides is 1. The number of hydrogen-bond acceptors (Lipinski definition) is 3. The summed E-state index contributed by atoms with van der Waals surface area (Å²) in [4.78, 5) is 14.6. The van der Waals surface area contributed by atoms with E-state index in [1.165, 1.54) is 0 Å². The third-order valence-corrected chi connectivity index (χ3v) is 3.72. The van der Waals surface area contributed by atoms with Gasteiger partial charge in [0.2, 0.25) is 5.91 Å². The Morgan fingerprint density at radius 1 is 1.58 bits per heavy atom. The molecule has 1 saturated carbocycles. The number of carbonyl (C=O) groups is 1. The first-order valence-corrected chi connectivity index (χ1v) is 6.76. The number of nitrogens with zero attached hydrogens (tertiary/aromatic N) is 3. The van der Waals surface area contributed by atoms with Crippen LogP contribution in [0.25, 0.3) is 0 Å². The van der Waals surface area contributed by atoms with Crippen molar-refractivity contribution in [2.24, 2.45) is 12.5 Å². The van der Waals surface area contributed by atoms with Gasteiger partial charge >= 0.3 is 0 Å².